The van der Waals surface area contributed by atoms with Crippen molar-refractivity contribution in [3.63, 3.8) is 0 Å². The van der Waals surface area contributed by atoms with Crippen molar-refractivity contribution in [2.24, 2.45) is 0 Å². The fourth-order valence-corrected chi connectivity index (χ4v) is 1.70. The zero-order valence-electron chi connectivity index (χ0n) is 8.79. The lowest BCUT2D eigenvalue weighted by Crippen LogP contribution is -2.41. The lowest BCUT2D eigenvalue weighted by Gasteiger charge is -2.17. The number of hydrogen-bond acceptors (Lipinski definition) is 4. The molecule has 0 bridgehead atoms. The Morgan fingerprint density at radius 2 is 2.15 bits per heavy atom. The molecule has 0 aliphatic heterocycles. The minimum atomic E-state index is -0.211. The fourth-order valence-electron chi connectivity index (χ4n) is 1.01. The third-order valence-corrected chi connectivity index (χ3v) is 2.81. The number of esters is 1. The second kappa shape index (κ2) is 7.21. The van der Waals surface area contributed by atoms with Crippen molar-refractivity contribution in [2.75, 3.05) is 18.6 Å². The van der Waals surface area contributed by atoms with Crippen molar-refractivity contribution in [2.45, 2.75) is 32.9 Å². The summed E-state index contributed by atoms with van der Waals surface area (Å²) in [6.45, 7) is 6.02. The normalized spacial score (nSPS) is 15.1. The highest BCUT2D eigenvalue weighted by Crippen LogP contribution is 2.02. The Labute approximate surface area is 84.6 Å². The molecule has 13 heavy (non-hydrogen) atoms. The molecule has 0 heterocycles. The number of nitrogens with one attached hydrogen (secondary N) is 1. The molecule has 0 saturated carbocycles. The van der Waals surface area contributed by atoms with Gasteiger partial charge in [0, 0.05) is 11.8 Å². The zero-order chi connectivity index (χ0) is 10.3. The molecule has 0 rings (SSSR count). The van der Waals surface area contributed by atoms with Gasteiger partial charge in [-0.05, 0) is 19.6 Å². The van der Waals surface area contributed by atoms with Crippen LogP contribution >= 0.6 is 11.8 Å². The van der Waals surface area contributed by atoms with Crippen LogP contribution in [0.15, 0.2) is 0 Å². The predicted octanol–water partition coefficient (Wildman–Crippen LogP) is 1.28. The average molecular weight is 205 g/mol. The molecule has 4 heteroatoms. The molecule has 2 atom stereocenters. The van der Waals surface area contributed by atoms with Gasteiger partial charge in [-0.3, -0.25) is 4.79 Å². The molecule has 0 aliphatic carbocycles. The van der Waals surface area contributed by atoms with E-state index in [0.29, 0.717) is 6.04 Å². The summed E-state index contributed by atoms with van der Waals surface area (Å²) >= 11 is 1.86. The lowest BCUT2D eigenvalue weighted by molar-refractivity contribution is -0.142. The van der Waals surface area contributed by atoms with Crippen LogP contribution in [0.2, 0.25) is 0 Å². The Hall–Kier alpha value is -0.220. The van der Waals surface area contributed by atoms with Crippen molar-refractivity contribution >= 4 is 17.7 Å². The highest BCUT2D eigenvalue weighted by atomic mass is 32.2. The first kappa shape index (κ1) is 12.8. The first-order valence-corrected chi connectivity index (χ1v) is 5.68. The summed E-state index contributed by atoms with van der Waals surface area (Å²) in [6, 6.07) is 0.136. The molecule has 0 saturated heterocycles. The van der Waals surface area contributed by atoms with Gasteiger partial charge in [-0.25, -0.2) is 0 Å². The van der Waals surface area contributed by atoms with Crippen LogP contribution in [-0.2, 0) is 9.53 Å². The van der Waals surface area contributed by atoms with Gasteiger partial charge in [0.25, 0.3) is 0 Å². The summed E-state index contributed by atoms with van der Waals surface area (Å²) < 4.78 is 4.61. The van der Waals surface area contributed by atoms with E-state index < -0.39 is 0 Å². The Morgan fingerprint density at radius 1 is 1.54 bits per heavy atom. The van der Waals surface area contributed by atoms with E-state index in [9.17, 15) is 4.79 Å². The first-order valence-electron chi connectivity index (χ1n) is 4.53. The van der Waals surface area contributed by atoms with Crippen LogP contribution in [0.1, 0.15) is 20.8 Å². The van der Waals surface area contributed by atoms with E-state index in [1.165, 1.54) is 7.11 Å². The highest BCUT2D eigenvalue weighted by Gasteiger charge is 2.14. The summed E-state index contributed by atoms with van der Waals surface area (Å²) in [5.41, 5.74) is 0. The smallest absolute Gasteiger partial charge is 0.322 e. The van der Waals surface area contributed by atoms with Gasteiger partial charge in [-0.1, -0.05) is 6.92 Å². The van der Waals surface area contributed by atoms with Crippen LogP contribution in [-0.4, -0.2) is 36.7 Å². The van der Waals surface area contributed by atoms with Crippen molar-refractivity contribution < 1.29 is 9.53 Å². The molecule has 1 N–H and O–H groups in total. The van der Waals surface area contributed by atoms with Crippen LogP contribution in [0, 0.1) is 0 Å². The Bertz CT molecular complexity index is 153. The monoisotopic (exact) mass is 205 g/mol. The van der Waals surface area contributed by atoms with Crippen molar-refractivity contribution in [3.05, 3.63) is 0 Å². The lowest BCUT2D eigenvalue weighted by atomic mass is 10.3. The molecule has 0 radical (unpaired) electrons. The Morgan fingerprint density at radius 3 is 2.62 bits per heavy atom. The molecule has 0 aromatic rings. The van der Waals surface area contributed by atoms with E-state index in [4.69, 9.17) is 0 Å². The van der Waals surface area contributed by atoms with Gasteiger partial charge in [-0.15, -0.1) is 0 Å². The molecule has 0 spiro atoms. The number of carbonyl (C=O) groups excluding carboxylic acids is 1. The maximum absolute atomic E-state index is 11.0. The summed E-state index contributed by atoms with van der Waals surface area (Å²) in [4.78, 5) is 11.0. The van der Waals surface area contributed by atoms with E-state index in [2.05, 4.69) is 23.9 Å². The topological polar surface area (TPSA) is 38.3 Å². The van der Waals surface area contributed by atoms with Crippen LogP contribution in [0.4, 0.5) is 0 Å². The summed E-state index contributed by atoms with van der Waals surface area (Å²) in [5, 5.41) is 3.17. The van der Waals surface area contributed by atoms with E-state index in [1.54, 1.807) is 0 Å². The maximum atomic E-state index is 11.0. The molecule has 0 fully saturated rings. The standard InChI is InChI=1S/C9H19NO2S/c1-5-13-6-7(2)10-8(3)9(11)12-4/h7-8,10H,5-6H2,1-4H3. The molecule has 0 aromatic heterocycles. The zero-order valence-corrected chi connectivity index (χ0v) is 9.61. The van der Waals surface area contributed by atoms with Gasteiger partial charge in [0.2, 0.25) is 0 Å². The molecular weight excluding hydrogens is 186 g/mol. The second-order valence-corrected chi connectivity index (χ2v) is 4.29. The van der Waals surface area contributed by atoms with Gasteiger partial charge in [0.15, 0.2) is 0 Å². The minimum Gasteiger partial charge on any atom is -0.468 e. The first-order chi connectivity index (χ1) is 6.11. The van der Waals surface area contributed by atoms with Crippen LogP contribution in [0.25, 0.3) is 0 Å². The molecule has 0 aromatic carbocycles. The predicted molar refractivity (Wildman–Crippen MR) is 57.1 cm³/mol. The van der Waals surface area contributed by atoms with E-state index >= 15 is 0 Å². The Kier molecular flexibility index (Phi) is 7.09. The van der Waals surface area contributed by atoms with E-state index in [0.717, 1.165) is 11.5 Å². The number of hydrogen-bond donors (Lipinski definition) is 1. The van der Waals surface area contributed by atoms with E-state index in [-0.39, 0.29) is 12.0 Å². The molecule has 3 nitrogen and oxygen atoms in total. The number of thioether (sulfide) groups is 1. The summed E-state index contributed by atoms with van der Waals surface area (Å²) in [6.07, 6.45) is 0. The number of ether oxygens (including phenoxy) is 1. The quantitative estimate of drug-likeness (QED) is 0.663. The van der Waals surface area contributed by atoms with Crippen molar-refractivity contribution in [3.8, 4) is 0 Å². The number of carbonyl (C=O) groups is 1. The van der Waals surface area contributed by atoms with Crippen molar-refractivity contribution in [1.82, 2.24) is 5.32 Å². The third-order valence-electron chi connectivity index (χ3n) is 1.66. The van der Waals surface area contributed by atoms with Gasteiger partial charge in [0.05, 0.1) is 7.11 Å². The average Bonchev–Trinajstić information content (AvgIpc) is 2.13. The number of methoxy groups -OCH3 is 1. The molecule has 78 valence electrons. The minimum absolute atomic E-state index is 0.201. The van der Waals surface area contributed by atoms with Crippen LogP contribution < -0.4 is 5.32 Å². The van der Waals surface area contributed by atoms with Gasteiger partial charge in [-0.2, -0.15) is 11.8 Å². The number of rotatable bonds is 6. The van der Waals surface area contributed by atoms with Crippen LogP contribution in [0.3, 0.4) is 0 Å². The summed E-state index contributed by atoms with van der Waals surface area (Å²) in [5.74, 6) is 1.93. The molecule has 0 amide bonds. The highest BCUT2D eigenvalue weighted by molar-refractivity contribution is 7.99. The third kappa shape index (κ3) is 5.93. The molecular formula is C9H19NO2S. The summed E-state index contributed by atoms with van der Waals surface area (Å²) in [7, 11) is 1.41. The second-order valence-electron chi connectivity index (χ2n) is 2.97. The SMILES string of the molecule is CCSCC(C)NC(C)C(=O)OC. The van der Waals surface area contributed by atoms with E-state index in [1.807, 2.05) is 18.7 Å². The largest absolute Gasteiger partial charge is 0.468 e. The Balaban J connectivity index is 3.64. The molecule has 2 unspecified atom stereocenters. The fraction of sp³-hybridized carbons (Fsp3) is 0.889. The van der Waals surface area contributed by atoms with Gasteiger partial charge < -0.3 is 10.1 Å². The van der Waals surface area contributed by atoms with Crippen molar-refractivity contribution in [1.29, 1.82) is 0 Å². The molecule has 0 aliphatic rings. The van der Waals surface area contributed by atoms with Gasteiger partial charge >= 0.3 is 5.97 Å². The van der Waals surface area contributed by atoms with Crippen LogP contribution in [0.5, 0.6) is 0 Å². The van der Waals surface area contributed by atoms with Gasteiger partial charge in [0.1, 0.15) is 6.04 Å². The maximum Gasteiger partial charge on any atom is 0.322 e.